The van der Waals surface area contributed by atoms with E-state index in [2.05, 4.69) is 20.4 Å². The number of anilines is 1. The van der Waals surface area contributed by atoms with Crippen LogP contribution in [0.15, 0.2) is 77.3 Å². The summed E-state index contributed by atoms with van der Waals surface area (Å²) in [6.45, 7) is 1.81. The SMILES string of the molecule is O=C(c1ccccc1)c1cc(Cl)ccc1NC(=O)C1CCCN(Cc2nc(-c3ccc(Cl)cc3)no2)C1. The molecule has 1 N–H and O–H groups in total. The molecule has 1 aromatic heterocycles. The number of nitrogens with zero attached hydrogens (tertiary/aromatic N) is 3. The number of rotatable bonds is 7. The van der Waals surface area contributed by atoms with Gasteiger partial charge in [-0.2, -0.15) is 4.98 Å². The Balaban J connectivity index is 1.25. The van der Waals surface area contributed by atoms with Crippen LogP contribution in [0.2, 0.25) is 10.0 Å². The first kappa shape index (κ1) is 25.1. The van der Waals surface area contributed by atoms with Crippen LogP contribution in [0, 0.1) is 5.92 Å². The smallest absolute Gasteiger partial charge is 0.241 e. The van der Waals surface area contributed by atoms with Gasteiger partial charge < -0.3 is 9.84 Å². The van der Waals surface area contributed by atoms with Crippen LogP contribution >= 0.6 is 23.2 Å². The van der Waals surface area contributed by atoms with Crippen molar-refractivity contribution in [2.75, 3.05) is 18.4 Å². The van der Waals surface area contributed by atoms with Crippen molar-refractivity contribution in [1.82, 2.24) is 15.0 Å². The van der Waals surface area contributed by atoms with E-state index < -0.39 is 0 Å². The van der Waals surface area contributed by atoms with Gasteiger partial charge in [-0.1, -0.05) is 58.7 Å². The Morgan fingerprint density at radius 1 is 1.00 bits per heavy atom. The minimum Gasteiger partial charge on any atom is -0.338 e. The van der Waals surface area contributed by atoms with Gasteiger partial charge in [-0.15, -0.1) is 0 Å². The molecule has 1 aliphatic rings. The Labute approximate surface area is 224 Å². The van der Waals surface area contributed by atoms with E-state index in [1.54, 1.807) is 54.6 Å². The number of hydrogen-bond donors (Lipinski definition) is 1. The first-order valence-electron chi connectivity index (χ1n) is 12.0. The number of amides is 1. The molecule has 0 aliphatic carbocycles. The van der Waals surface area contributed by atoms with Gasteiger partial charge in [0.15, 0.2) is 5.78 Å². The van der Waals surface area contributed by atoms with Crippen molar-refractivity contribution in [2.24, 2.45) is 5.92 Å². The van der Waals surface area contributed by atoms with Crippen molar-refractivity contribution >= 4 is 40.6 Å². The van der Waals surface area contributed by atoms with E-state index in [0.29, 0.717) is 51.7 Å². The van der Waals surface area contributed by atoms with Crippen LogP contribution < -0.4 is 5.32 Å². The number of carbonyl (C=O) groups is 2. The second kappa shape index (κ2) is 11.3. The summed E-state index contributed by atoms with van der Waals surface area (Å²) < 4.78 is 5.45. The quantitative estimate of drug-likeness (QED) is 0.287. The van der Waals surface area contributed by atoms with Gasteiger partial charge in [0.2, 0.25) is 17.6 Å². The molecule has 0 bridgehead atoms. The molecule has 0 saturated carbocycles. The van der Waals surface area contributed by atoms with Crippen LogP contribution in [0.5, 0.6) is 0 Å². The van der Waals surface area contributed by atoms with E-state index in [1.165, 1.54) is 0 Å². The molecule has 1 aliphatic heterocycles. The summed E-state index contributed by atoms with van der Waals surface area (Å²) in [4.78, 5) is 33.0. The average molecular weight is 535 g/mol. The van der Waals surface area contributed by atoms with Gasteiger partial charge in [0.25, 0.3) is 0 Å². The van der Waals surface area contributed by atoms with Gasteiger partial charge in [0.05, 0.1) is 18.2 Å². The van der Waals surface area contributed by atoms with Crippen molar-refractivity contribution < 1.29 is 14.1 Å². The lowest BCUT2D eigenvalue weighted by atomic mass is 9.96. The number of halogens is 2. The highest BCUT2D eigenvalue weighted by atomic mass is 35.5. The van der Waals surface area contributed by atoms with E-state index in [0.717, 1.165) is 24.9 Å². The molecule has 0 spiro atoms. The molecule has 188 valence electrons. The van der Waals surface area contributed by atoms with Crippen molar-refractivity contribution in [1.29, 1.82) is 0 Å². The Hall–Kier alpha value is -3.52. The maximum atomic E-state index is 13.2. The fourth-order valence-corrected chi connectivity index (χ4v) is 4.73. The van der Waals surface area contributed by atoms with Crippen molar-refractivity contribution in [3.63, 3.8) is 0 Å². The fraction of sp³-hybridized carbons (Fsp3) is 0.214. The highest BCUT2D eigenvalue weighted by Crippen LogP contribution is 2.26. The molecule has 0 radical (unpaired) electrons. The van der Waals surface area contributed by atoms with Crippen LogP contribution in [-0.4, -0.2) is 39.8 Å². The molecule has 3 aromatic carbocycles. The number of hydrogen-bond acceptors (Lipinski definition) is 6. The van der Waals surface area contributed by atoms with E-state index >= 15 is 0 Å². The summed E-state index contributed by atoms with van der Waals surface area (Å²) in [7, 11) is 0. The van der Waals surface area contributed by atoms with Crippen molar-refractivity contribution in [3.05, 3.63) is 99.9 Å². The van der Waals surface area contributed by atoms with E-state index in [1.807, 2.05) is 18.2 Å². The Morgan fingerprint density at radius 2 is 1.76 bits per heavy atom. The lowest BCUT2D eigenvalue weighted by molar-refractivity contribution is -0.121. The predicted octanol–water partition coefficient (Wildman–Crippen LogP) is 6.13. The Bertz CT molecular complexity index is 1410. The summed E-state index contributed by atoms with van der Waals surface area (Å²) >= 11 is 12.1. The number of piperidine rings is 1. The van der Waals surface area contributed by atoms with Gasteiger partial charge in [0.1, 0.15) is 0 Å². The summed E-state index contributed by atoms with van der Waals surface area (Å²) in [5, 5.41) is 8.11. The second-order valence-corrected chi connectivity index (χ2v) is 9.84. The van der Waals surface area contributed by atoms with E-state index in [-0.39, 0.29) is 17.6 Å². The fourth-order valence-electron chi connectivity index (χ4n) is 4.43. The van der Waals surface area contributed by atoms with Gasteiger partial charge in [-0.25, -0.2) is 0 Å². The minimum absolute atomic E-state index is 0.137. The number of aromatic nitrogens is 2. The van der Waals surface area contributed by atoms with Crippen LogP contribution in [0.1, 0.15) is 34.7 Å². The van der Waals surface area contributed by atoms with Crippen LogP contribution in [-0.2, 0) is 11.3 Å². The standard InChI is InChI=1S/C28H24Cl2N4O3/c29-21-10-8-19(9-11-21)27-32-25(37-33-27)17-34-14-4-7-20(16-34)28(36)31-24-13-12-22(30)15-23(24)26(35)18-5-2-1-3-6-18/h1-3,5-6,8-13,15,20H,4,7,14,16-17H2,(H,31,36). The largest absolute Gasteiger partial charge is 0.338 e. The summed E-state index contributed by atoms with van der Waals surface area (Å²) in [5.74, 6) is 0.400. The number of ketones is 1. The lowest BCUT2D eigenvalue weighted by Crippen LogP contribution is -2.40. The maximum absolute atomic E-state index is 13.2. The van der Waals surface area contributed by atoms with Crippen LogP contribution in [0.25, 0.3) is 11.4 Å². The third-order valence-corrected chi connectivity index (χ3v) is 6.81. The molecule has 5 rings (SSSR count). The zero-order valence-corrected chi connectivity index (χ0v) is 21.4. The number of nitrogens with one attached hydrogen (secondary N) is 1. The third-order valence-electron chi connectivity index (χ3n) is 6.33. The van der Waals surface area contributed by atoms with Gasteiger partial charge in [-0.3, -0.25) is 14.5 Å². The summed E-state index contributed by atoms with van der Waals surface area (Å²) in [6.07, 6.45) is 1.60. The molecule has 1 unspecified atom stereocenters. The molecular formula is C28H24Cl2N4O3. The first-order chi connectivity index (χ1) is 18.0. The van der Waals surface area contributed by atoms with Gasteiger partial charge in [0, 0.05) is 33.3 Å². The minimum atomic E-state index is -0.247. The molecular weight excluding hydrogens is 511 g/mol. The van der Waals surface area contributed by atoms with E-state index in [9.17, 15) is 9.59 Å². The molecule has 1 atom stereocenters. The van der Waals surface area contributed by atoms with Crippen LogP contribution in [0.4, 0.5) is 5.69 Å². The number of benzene rings is 3. The Kier molecular flexibility index (Phi) is 7.65. The number of likely N-dealkylation sites (tertiary alicyclic amines) is 1. The molecule has 7 nitrogen and oxygen atoms in total. The molecule has 1 fully saturated rings. The molecule has 4 aromatic rings. The van der Waals surface area contributed by atoms with Crippen molar-refractivity contribution in [2.45, 2.75) is 19.4 Å². The molecule has 1 saturated heterocycles. The maximum Gasteiger partial charge on any atom is 0.241 e. The highest BCUT2D eigenvalue weighted by molar-refractivity contribution is 6.31. The van der Waals surface area contributed by atoms with E-state index in [4.69, 9.17) is 27.7 Å². The predicted molar refractivity (Wildman–Crippen MR) is 143 cm³/mol. The molecule has 2 heterocycles. The normalized spacial score (nSPS) is 15.9. The monoisotopic (exact) mass is 534 g/mol. The summed E-state index contributed by atoms with van der Waals surface area (Å²) in [5.41, 5.74) is 2.16. The zero-order chi connectivity index (χ0) is 25.8. The third kappa shape index (κ3) is 6.07. The zero-order valence-electron chi connectivity index (χ0n) is 19.9. The molecule has 37 heavy (non-hydrogen) atoms. The highest BCUT2D eigenvalue weighted by Gasteiger charge is 2.28. The molecule has 9 heteroatoms. The Morgan fingerprint density at radius 3 is 2.54 bits per heavy atom. The summed E-state index contributed by atoms with van der Waals surface area (Å²) in [6, 6.07) is 21.1. The lowest BCUT2D eigenvalue weighted by Gasteiger charge is -2.31. The first-order valence-corrected chi connectivity index (χ1v) is 12.7. The van der Waals surface area contributed by atoms with Gasteiger partial charge >= 0.3 is 0 Å². The van der Waals surface area contributed by atoms with Crippen LogP contribution in [0.3, 0.4) is 0 Å². The second-order valence-electron chi connectivity index (χ2n) is 8.97. The molecule has 1 amide bonds. The van der Waals surface area contributed by atoms with Gasteiger partial charge in [-0.05, 0) is 61.9 Å². The average Bonchev–Trinajstić information content (AvgIpc) is 3.38. The number of carbonyl (C=O) groups excluding carboxylic acids is 2. The van der Waals surface area contributed by atoms with Crippen molar-refractivity contribution in [3.8, 4) is 11.4 Å². The topological polar surface area (TPSA) is 88.3 Å².